The van der Waals surface area contributed by atoms with Crippen molar-refractivity contribution in [2.75, 3.05) is 5.73 Å². The van der Waals surface area contributed by atoms with E-state index in [-0.39, 0.29) is 0 Å². The molecule has 0 fully saturated rings. The maximum Gasteiger partial charge on any atom is 0.185 e. The van der Waals surface area contributed by atoms with Crippen molar-refractivity contribution >= 4 is 28.7 Å². The predicted molar refractivity (Wildman–Crippen MR) is 65.3 cm³/mol. The summed E-state index contributed by atoms with van der Waals surface area (Å²) in [6.45, 7) is 2.03. The van der Waals surface area contributed by atoms with E-state index >= 15 is 0 Å². The van der Waals surface area contributed by atoms with Gasteiger partial charge in [0.2, 0.25) is 0 Å². The standard InChI is InChI=1S/C10H9N3S2/c1-6-2-4-7(5-3-6)8-12-9(11)15-10(14)13-8/h2-5H,1H3,(H2,11,12,13,14). The quantitative estimate of drug-likeness (QED) is 0.772. The molecule has 0 bridgehead atoms. The molecular formula is C10H9N3S2. The first kappa shape index (κ1) is 10.2. The second-order valence-corrected chi connectivity index (χ2v) is 4.77. The van der Waals surface area contributed by atoms with Gasteiger partial charge in [-0.25, -0.2) is 9.97 Å². The summed E-state index contributed by atoms with van der Waals surface area (Å²) in [5, 5.41) is 0.450. The lowest BCUT2D eigenvalue weighted by Gasteiger charge is -2.00. The van der Waals surface area contributed by atoms with E-state index in [1.807, 2.05) is 31.2 Å². The summed E-state index contributed by atoms with van der Waals surface area (Å²) in [7, 11) is 0. The van der Waals surface area contributed by atoms with E-state index in [0.29, 0.717) is 14.9 Å². The first-order valence-electron chi connectivity index (χ1n) is 4.37. The number of anilines is 1. The van der Waals surface area contributed by atoms with Crippen LogP contribution in [-0.2, 0) is 0 Å². The summed E-state index contributed by atoms with van der Waals surface area (Å²) in [5.41, 5.74) is 7.76. The molecule has 2 aromatic rings. The number of aryl methyl sites for hydroxylation is 1. The summed E-state index contributed by atoms with van der Waals surface area (Å²) in [4.78, 5) is 8.33. The predicted octanol–water partition coefficient (Wildman–Crippen LogP) is 2.83. The van der Waals surface area contributed by atoms with E-state index in [2.05, 4.69) is 9.97 Å². The number of benzene rings is 1. The van der Waals surface area contributed by atoms with Gasteiger partial charge in [-0.1, -0.05) is 41.2 Å². The fourth-order valence-corrected chi connectivity index (χ4v) is 1.97. The second kappa shape index (κ2) is 4.04. The Balaban J connectivity index is 2.54. The van der Waals surface area contributed by atoms with Crippen molar-refractivity contribution in [3.63, 3.8) is 0 Å². The fraction of sp³-hybridized carbons (Fsp3) is 0.100. The maximum atomic E-state index is 5.63. The van der Waals surface area contributed by atoms with Crippen LogP contribution in [0, 0.1) is 10.9 Å². The van der Waals surface area contributed by atoms with E-state index in [9.17, 15) is 0 Å². The molecule has 0 aliphatic heterocycles. The second-order valence-electron chi connectivity index (χ2n) is 3.12. The Morgan fingerprint density at radius 3 is 2.47 bits per heavy atom. The maximum absolute atomic E-state index is 5.63. The summed E-state index contributed by atoms with van der Waals surface area (Å²) >= 11 is 6.21. The van der Waals surface area contributed by atoms with Crippen LogP contribution in [0.3, 0.4) is 0 Å². The van der Waals surface area contributed by atoms with E-state index in [1.165, 1.54) is 16.9 Å². The Bertz CT molecular complexity index is 531. The lowest BCUT2D eigenvalue weighted by molar-refractivity contribution is 1.22. The molecule has 0 saturated carbocycles. The Morgan fingerprint density at radius 1 is 1.20 bits per heavy atom. The third-order valence-corrected chi connectivity index (χ3v) is 2.82. The van der Waals surface area contributed by atoms with Crippen molar-refractivity contribution in [3.05, 3.63) is 33.8 Å². The Labute approximate surface area is 96.6 Å². The fourth-order valence-electron chi connectivity index (χ4n) is 1.18. The number of hydrogen-bond donors (Lipinski definition) is 1. The molecule has 1 aromatic carbocycles. The van der Waals surface area contributed by atoms with Gasteiger partial charge >= 0.3 is 0 Å². The highest BCUT2D eigenvalue weighted by Crippen LogP contribution is 2.18. The topological polar surface area (TPSA) is 51.8 Å². The molecule has 0 radical (unpaired) electrons. The number of hydrogen-bond acceptors (Lipinski definition) is 5. The first-order chi connectivity index (χ1) is 7.15. The minimum atomic E-state index is 0.450. The summed E-state index contributed by atoms with van der Waals surface area (Å²) in [5.74, 6) is 0.594. The van der Waals surface area contributed by atoms with Gasteiger partial charge in [-0.05, 0) is 19.1 Å². The molecule has 2 N–H and O–H groups in total. The molecule has 0 saturated heterocycles. The molecule has 0 atom stereocenters. The number of nitrogens with zero attached hydrogens (tertiary/aromatic N) is 2. The number of nitrogens with two attached hydrogens (primary N) is 1. The molecule has 0 unspecified atom stereocenters. The molecule has 76 valence electrons. The van der Waals surface area contributed by atoms with Crippen molar-refractivity contribution in [2.24, 2.45) is 0 Å². The molecule has 1 aromatic heterocycles. The Kier molecular flexibility index (Phi) is 2.75. The zero-order chi connectivity index (χ0) is 10.8. The molecule has 3 nitrogen and oxygen atoms in total. The highest BCUT2D eigenvalue weighted by atomic mass is 32.1. The van der Waals surface area contributed by atoms with E-state index in [0.717, 1.165) is 5.56 Å². The Hall–Kier alpha value is -1.33. The zero-order valence-corrected chi connectivity index (χ0v) is 9.73. The van der Waals surface area contributed by atoms with Gasteiger partial charge in [0, 0.05) is 5.56 Å². The van der Waals surface area contributed by atoms with Gasteiger partial charge in [0.1, 0.15) is 0 Å². The molecule has 0 spiro atoms. The highest BCUT2D eigenvalue weighted by Gasteiger charge is 2.02. The normalized spacial score (nSPS) is 10.2. The van der Waals surface area contributed by atoms with Crippen LogP contribution in [0.25, 0.3) is 11.4 Å². The van der Waals surface area contributed by atoms with Crippen molar-refractivity contribution in [2.45, 2.75) is 6.92 Å². The van der Waals surface area contributed by atoms with Crippen LogP contribution < -0.4 is 5.73 Å². The highest BCUT2D eigenvalue weighted by molar-refractivity contribution is 7.73. The first-order valence-corrected chi connectivity index (χ1v) is 5.59. The van der Waals surface area contributed by atoms with Gasteiger partial charge in [0.15, 0.2) is 14.9 Å². The number of aromatic nitrogens is 2. The van der Waals surface area contributed by atoms with E-state index in [4.69, 9.17) is 18.0 Å². The molecule has 0 amide bonds. The van der Waals surface area contributed by atoms with Crippen molar-refractivity contribution in [1.29, 1.82) is 0 Å². The summed E-state index contributed by atoms with van der Waals surface area (Å²) in [6, 6.07) is 7.94. The summed E-state index contributed by atoms with van der Waals surface area (Å²) < 4.78 is 0.512. The molecule has 1 heterocycles. The van der Waals surface area contributed by atoms with Crippen LogP contribution in [0.5, 0.6) is 0 Å². The van der Waals surface area contributed by atoms with Crippen LogP contribution in [0.4, 0.5) is 5.13 Å². The summed E-state index contributed by atoms with van der Waals surface area (Å²) in [6.07, 6.45) is 0. The van der Waals surface area contributed by atoms with Gasteiger partial charge in [0.05, 0.1) is 0 Å². The Morgan fingerprint density at radius 2 is 1.87 bits per heavy atom. The van der Waals surface area contributed by atoms with E-state index < -0.39 is 0 Å². The van der Waals surface area contributed by atoms with Gasteiger partial charge in [-0.15, -0.1) is 0 Å². The van der Waals surface area contributed by atoms with Gasteiger partial charge in [0.25, 0.3) is 0 Å². The van der Waals surface area contributed by atoms with Crippen LogP contribution in [-0.4, -0.2) is 9.97 Å². The lowest BCUT2D eigenvalue weighted by Crippen LogP contribution is -1.93. The van der Waals surface area contributed by atoms with E-state index in [1.54, 1.807) is 0 Å². The average Bonchev–Trinajstić information content (AvgIpc) is 2.17. The minimum absolute atomic E-state index is 0.450. The van der Waals surface area contributed by atoms with Crippen molar-refractivity contribution < 1.29 is 0 Å². The molecular weight excluding hydrogens is 226 g/mol. The van der Waals surface area contributed by atoms with Crippen LogP contribution in [0.2, 0.25) is 0 Å². The number of rotatable bonds is 1. The molecule has 0 aliphatic carbocycles. The van der Waals surface area contributed by atoms with Crippen LogP contribution in [0.1, 0.15) is 5.56 Å². The third kappa shape index (κ3) is 2.37. The zero-order valence-electron chi connectivity index (χ0n) is 8.10. The SMILES string of the molecule is Cc1ccc(-c2nc(N)sc(=S)n2)cc1. The molecule has 5 heteroatoms. The smallest absolute Gasteiger partial charge is 0.185 e. The number of nitrogen functional groups attached to an aromatic ring is 1. The van der Waals surface area contributed by atoms with Crippen molar-refractivity contribution in [1.82, 2.24) is 9.97 Å². The largest absolute Gasteiger partial charge is 0.375 e. The molecule has 2 rings (SSSR count). The van der Waals surface area contributed by atoms with Crippen LogP contribution in [0.15, 0.2) is 24.3 Å². The lowest BCUT2D eigenvalue weighted by atomic mass is 10.1. The van der Waals surface area contributed by atoms with Crippen LogP contribution >= 0.6 is 23.6 Å². The molecule has 0 aliphatic rings. The average molecular weight is 235 g/mol. The third-order valence-electron chi connectivity index (χ3n) is 1.91. The minimum Gasteiger partial charge on any atom is -0.375 e. The van der Waals surface area contributed by atoms with Crippen molar-refractivity contribution in [3.8, 4) is 11.4 Å². The molecule has 15 heavy (non-hydrogen) atoms. The monoisotopic (exact) mass is 235 g/mol. The van der Waals surface area contributed by atoms with Gasteiger partial charge in [-0.3, -0.25) is 0 Å². The van der Waals surface area contributed by atoms with Gasteiger partial charge < -0.3 is 5.73 Å². The van der Waals surface area contributed by atoms with Gasteiger partial charge in [-0.2, -0.15) is 0 Å².